The van der Waals surface area contributed by atoms with Crippen molar-refractivity contribution in [1.29, 1.82) is 0 Å². The Balaban J connectivity index is 1.47. The third kappa shape index (κ3) is 3.78. The third-order valence-electron chi connectivity index (χ3n) is 5.86. The van der Waals surface area contributed by atoms with Crippen molar-refractivity contribution < 1.29 is 19.1 Å². The number of benzene rings is 4. The average molecular weight is 436 g/mol. The van der Waals surface area contributed by atoms with Gasteiger partial charge in [0.25, 0.3) is 0 Å². The molecule has 2 N–H and O–H groups in total. The van der Waals surface area contributed by atoms with Crippen LogP contribution in [-0.4, -0.2) is 33.1 Å². The fourth-order valence-electron chi connectivity index (χ4n) is 4.23. The molecule has 4 aromatic carbocycles. The normalized spacial score (nSPS) is 12.0. The van der Waals surface area contributed by atoms with Gasteiger partial charge in [-0.3, -0.25) is 0 Å². The van der Waals surface area contributed by atoms with Gasteiger partial charge in [0.15, 0.2) is 0 Å². The number of nitrogens with one attached hydrogen (secondary N) is 2. The smallest absolute Gasteiger partial charge is 0.406 e. The number of rotatable bonds is 4. The van der Waals surface area contributed by atoms with Gasteiger partial charge in [-0.15, -0.1) is 0 Å². The van der Waals surface area contributed by atoms with Gasteiger partial charge in [0.05, 0.1) is 25.3 Å². The van der Waals surface area contributed by atoms with Gasteiger partial charge < -0.3 is 19.9 Å². The van der Waals surface area contributed by atoms with E-state index in [-0.39, 0.29) is 6.98 Å². The minimum Gasteiger partial charge on any atom is -0.465 e. The Hall–Kier alpha value is -4.26. The highest BCUT2D eigenvalue weighted by atomic mass is 16.5. The maximum absolute atomic E-state index is 12.1. The van der Waals surface area contributed by atoms with Crippen LogP contribution < -0.4 is 15.9 Å². The van der Waals surface area contributed by atoms with E-state index in [4.69, 9.17) is 9.47 Å². The van der Waals surface area contributed by atoms with Crippen LogP contribution in [-0.2, 0) is 9.47 Å². The summed E-state index contributed by atoms with van der Waals surface area (Å²) in [5, 5.41) is 9.50. The fourth-order valence-corrected chi connectivity index (χ4v) is 4.23. The van der Waals surface area contributed by atoms with Crippen LogP contribution in [0.1, 0.15) is 20.7 Å². The van der Waals surface area contributed by atoms with Gasteiger partial charge in [-0.2, -0.15) is 0 Å². The van der Waals surface area contributed by atoms with Crippen LogP contribution in [0.3, 0.4) is 0 Å². The van der Waals surface area contributed by atoms with Gasteiger partial charge in [-0.05, 0) is 52.3 Å². The Morgan fingerprint density at radius 1 is 0.697 bits per heavy atom. The van der Waals surface area contributed by atoms with Crippen molar-refractivity contribution in [2.24, 2.45) is 0 Å². The fraction of sp³-hybridized carbons (Fsp3) is 0.0769. The molecule has 0 atom stereocenters. The van der Waals surface area contributed by atoms with Crippen molar-refractivity contribution in [3.05, 3.63) is 90.0 Å². The van der Waals surface area contributed by atoms with Crippen LogP contribution in [0.5, 0.6) is 0 Å². The summed E-state index contributed by atoms with van der Waals surface area (Å²) in [5.41, 5.74) is 5.41. The Labute approximate surface area is 191 Å². The number of carbonyl (C=O) groups is 2. The number of ether oxygens (including phenoxy) is 2. The number of carbonyl (C=O) groups excluding carboxylic acids is 2. The lowest BCUT2D eigenvalue weighted by Gasteiger charge is -2.27. The summed E-state index contributed by atoms with van der Waals surface area (Å²) in [4.78, 5) is 24.2. The summed E-state index contributed by atoms with van der Waals surface area (Å²) >= 11 is 0. The van der Waals surface area contributed by atoms with Crippen molar-refractivity contribution in [3.8, 4) is 11.1 Å². The van der Waals surface area contributed by atoms with E-state index in [0.717, 1.165) is 28.0 Å². The van der Waals surface area contributed by atoms with E-state index < -0.39 is 11.9 Å². The van der Waals surface area contributed by atoms with E-state index in [1.165, 1.54) is 31.1 Å². The Bertz CT molecular complexity index is 1310. The van der Waals surface area contributed by atoms with Crippen molar-refractivity contribution in [1.82, 2.24) is 0 Å². The summed E-state index contributed by atoms with van der Waals surface area (Å²) in [6.45, 7) is -0.0911. The quantitative estimate of drug-likeness (QED) is 0.367. The van der Waals surface area contributed by atoms with E-state index in [1.807, 2.05) is 36.4 Å². The van der Waals surface area contributed by atoms with Crippen LogP contribution in [0, 0.1) is 0 Å². The summed E-state index contributed by atoms with van der Waals surface area (Å²) in [5.74, 6) is -1.02. The molecule has 162 valence electrons. The molecule has 0 saturated carbocycles. The highest BCUT2D eigenvalue weighted by Gasteiger charge is 2.25. The molecule has 0 spiro atoms. The van der Waals surface area contributed by atoms with Crippen molar-refractivity contribution in [2.45, 2.75) is 0 Å². The van der Waals surface area contributed by atoms with Crippen LogP contribution in [0.2, 0.25) is 0 Å². The highest BCUT2D eigenvalue weighted by Crippen LogP contribution is 2.34. The molecular formula is C26H21BN2O4. The largest absolute Gasteiger partial charge is 0.465 e. The molecule has 33 heavy (non-hydrogen) atoms. The number of hydrogen-bond donors (Lipinski definition) is 2. The molecule has 4 aromatic rings. The average Bonchev–Trinajstić information content (AvgIpc) is 2.87. The lowest BCUT2D eigenvalue weighted by atomic mass is 9.66. The molecule has 0 bridgehead atoms. The first-order valence-corrected chi connectivity index (χ1v) is 10.5. The van der Waals surface area contributed by atoms with Crippen LogP contribution in [0.25, 0.3) is 21.9 Å². The minimum absolute atomic E-state index is 0.0911. The van der Waals surface area contributed by atoms with E-state index in [9.17, 15) is 9.59 Å². The molecule has 1 aliphatic rings. The minimum atomic E-state index is -0.512. The molecule has 1 aliphatic heterocycles. The first kappa shape index (κ1) is 20.6. The van der Waals surface area contributed by atoms with Gasteiger partial charge in [0.1, 0.15) is 0 Å². The van der Waals surface area contributed by atoms with E-state index in [2.05, 4.69) is 34.7 Å². The van der Waals surface area contributed by atoms with Gasteiger partial charge in [-0.1, -0.05) is 48.5 Å². The second-order valence-electron chi connectivity index (χ2n) is 7.84. The molecule has 0 unspecified atom stereocenters. The summed E-state index contributed by atoms with van der Waals surface area (Å²) in [6.07, 6.45) is 0. The molecule has 0 saturated heterocycles. The monoisotopic (exact) mass is 436 g/mol. The second kappa shape index (κ2) is 8.35. The maximum Gasteiger partial charge on any atom is 0.406 e. The number of hydrogen-bond acceptors (Lipinski definition) is 6. The van der Waals surface area contributed by atoms with Gasteiger partial charge in [-0.25, -0.2) is 9.59 Å². The van der Waals surface area contributed by atoms with Crippen LogP contribution in [0.4, 0.5) is 11.4 Å². The number of anilines is 2. The van der Waals surface area contributed by atoms with Crippen LogP contribution >= 0.6 is 0 Å². The third-order valence-corrected chi connectivity index (χ3v) is 5.86. The number of methoxy groups -OCH3 is 2. The molecule has 0 radical (unpaired) electrons. The molecule has 6 nitrogen and oxygen atoms in total. The Morgan fingerprint density at radius 2 is 1.24 bits per heavy atom. The second-order valence-corrected chi connectivity index (χ2v) is 7.84. The molecule has 0 amide bonds. The predicted octanol–water partition coefficient (Wildman–Crippen LogP) is 4.31. The van der Waals surface area contributed by atoms with Gasteiger partial charge in [0.2, 0.25) is 0 Å². The maximum atomic E-state index is 12.1. The molecule has 7 heteroatoms. The van der Waals surface area contributed by atoms with E-state index in [0.29, 0.717) is 11.1 Å². The molecule has 0 aromatic heterocycles. The van der Waals surface area contributed by atoms with Crippen LogP contribution in [0.15, 0.2) is 78.9 Å². The molecule has 0 fully saturated rings. The van der Waals surface area contributed by atoms with Gasteiger partial charge in [0, 0.05) is 16.8 Å². The zero-order chi connectivity index (χ0) is 22.9. The molecule has 1 heterocycles. The molecule has 5 rings (SSSR count). The Morgan fingerprint density at radius 3 is 1.76 bits per heavy atom. The summed E-state index contributed by atoms with van der Waals surface area (Å²) in [7, 11) is 2.62. The molecular weight excluding hydrogens is 415 g/mol. The standard InChI is InChI=1S/C26H21BN2O4/c1-32-25(30)19-13-18(14-20(15-19)26(31)33-2)16-9-11-21(12-10-16)27-28-22-7-3-5-17-6-4-8-23(29-27)24(17)22/h3-15,28-29H,1-2H3. The highest BCUT2D eigenvalue weighted by molar-refractivity contribution is 6.80. The lowest BCUT2D eigenvalue weighted by molar-refractivity contribution is 0.0599. The predicted molar refractivity (Wildman–Crippen MR) is 131 cm³/mol. The van der Waals surface area contributed by atoms with E-state index in [1.54, 1.807) is 12.1 Å². The van der Waals surface area contributed by atoms with Crippen molar-refractivity contribution in [2.75, 3.05) is 24.7 Å². The summed E-state index contributed by atoms with van der Waals surface area (Å²) in [6, 6.07) is 25.4. The van der Waals surface area contributed by atoms with Crippen molar-refractivity contribution in [3.63, 3.8) is 0 Å². The number of esters is 2. The topological polar surface area (TPSA) is 76.7 Å². The molecule has 0 aliphatic carbocycles. The zero-order valence-corrected chi connectivity index (χ0v) is 18.2. The van der Waals surface area contributed by atoms with Crippen molar-refractivity contribution >= 4 is 46.5 Å². The Kier molecular flexibility index (Phi) is 5.22. The summed E-state index contributed by atoms with van der Waals surface area (Å²) < 4.78 is 9.68. The van der Waals surface area contributed by atoms with Gasteiger partial charge >= 0.3 is 18.9 Å². The zero-order valence-electron chi connectivity index (χ0n) is 18.2. The first-order valence-electron chi connectivity index (χ1n) is 10.5. The first-order chi connectivity index (χ1) is 16.1. The van der Waals surface area contributed by atoms with E-state index >= 15 is 0 Å². The SMILES string of the molecule is COC(=O)c1cc(C(=O)OC)cc(-c2ccc(B3Nc4cccc5cccc(c45)N3)cc2)c1. The lowest BCUT2D eigenvalue weighted by Crippen LogP contribution is -2.47.